The van der Waals surface area contributed by atoms with Crippen molar-refractivity contribution in [3.63, 3.8) is 0 Å². The molecule has 1 aromatic carbocycles. The van der Waals surface area contributed by atoms with Gasteiger partial charge in [-0.15, -0.1) is 0 Å². The Morgan fingerprint density at radius 1 is 1.32 bits per heavy atom. The van der Waals surface area contributed by atoms with Crippen molar-refractivity contribution < 1.29 is 9.53 Å². The van der Waals surface area contributed by atoms with E-state index in [1.165, 1.54) is 0 Å². The molecule has 0 N–H and O–H groups in total. The summed E-state index contributed by atoms with van der Waals surface area (Å²) in [4.78, 5) is 18.7. The number of nitrogens with zero attached hydrogens (tertiary/aromatic N) is 4. The van der Waals surface area contributed by atoms with Crippen LogP contribution in [0.4, 0.5) is 5.69 Å². The number of ether oxygens (including phenoxy) is 1. The largest absolute Gasteiger partial charge is 0.492 e. The first-order chi connectivity index (χ1) is 12.1. The normalized spacial score (nSPS) is 16.2. The zero-order valence-electron chi connectivity index (χ0n) is 15.4. The van der Waals surface area contributed by atoms with Gasteiger partial charge in [-0.3, -0.25) is 9.69 Å². The topological polar surface area (TPSA) is 59.8 Å². The fourth-order valence-electron chi connectivity index (χ4n) is 3.15. The van der Waals surface area contributed by atoms with Crippen molar-refractivity contribution >= 4 is 11.6 Å². The van der Waals surface area contributed by atoms with Crippen molar-refractivity contribution in [3.05, 3.63) is 24.3 Å². The number of carbonyl (C=O) groups excluding carboxylic acids is 1. The molecule has 1 unspecified atom stereocenters. The Bertz CT molecular complexity index is 606. The fraction of sp³-hybridized carbons (Fsp3) is 0.579. The molecule has 1 atom stereocenters. The summed E-state index contributed by atoms with van der Waals surface area (Å²) in [6.07, 6.45) is 0.372. The Labute approximate surface area is 150 Å². The molecule has 1 fully saturated rings. The van der Waals surface area contributed by atoms with Crippen LogP contribution in [0, 0.1) is 11.3 Å². The molecule has 1 aromatic rings. The fourth-order valence-corrected chi connectivity index (χ4v) is 3.15. The van der Waals surface area contributed by atoms with E-state index in [2.05, 4.69) is 21.9 Å². The van der Waals surface area contributed by atoms with Crippen LogP contribution in [0.25, 0.3) is 0 Å². The second-order valence-electron chi connectivity index (χ2n) is 6.27. The average Bonchev–Trinajstić information content (AvgIpc) is 2.65. The zero-order chi connectivity index (χ0) is 18.2. The summed E-state index contributed by atoms with van der Waals surface area (Å²) in [5.74, 6) is 0.997. The van der Waals surface area contributed by atoms with Crippen LogP contribution < -0.4 is 9.64 Å². The molecule has 136 valence electrons. The molecular formula is C19H28N4O2. The number of amides is 1. The molecule has 0 spiro atoms. The number of nitriles is 1. The first kappa shape index (κ1) is 19.1. The van der Waals surface area contributed by atoms with Gasteiger partial charge in [0, 0.05) is 39.8 Å². The number of rotatable bonds is 7. The molecule has 1 aliphatic heterocycles. The van der Waals surface area contributed by atoms with Crippen molar-refractivity contribution in [1.82, 2.24) is 9.80 Å². The summed E-state index contributed by atoms with van der Waals surface area (Å²) in [6.45, 7) is 8.48. The average molecular weight is 344 g/mol. The smallest absolute Gasteiger partial charge is 0.239 e. The van der Waals surface area contributed by atoms with Crippen molar-refractivity contribution in [3.8, 4) is 11.8 Å². The van der Waals surface area contributed by atoms with Crippen LogP contribution >= 0.6 is 0 Å². The molecule has 0 aromatic heterocycles. The van der Waals surface area contributed by atoms with Gasteiger partial charge in [0.1, 0.15) is 5.75 Å². The van der Waals surface area contributed by atoms with E-state index in [9.17, 15) is 4.79 Å². The van der Waals surface area contributed by atoms with E-state index in [4.69, 9.17) is 10.00 Å². The van der Waals surface area contributed by atoms with Crippen LogP contribution in [-0.2, 0) is 4.79 Å². The molecule has 0 saturated carbocycles. The van der Waals surface area contributed by atoms with E-state index in [1.54, 1.807) is 11.9 Å². The number of piperazine rings is 1. The van der Waals surface area contributed by atoms with Crippen LogP contribution in [-0.4, -0.2) is 68.1 Å². The number of benzene rings is 1. The Morgan fingerprint density at radius 2 is 2.00 bits per heavy atom. The monoisotopic (exact) mass is 344 g/mol. The number of anilines is 1. The van der Waals surface area contributed by atoms with Crippen LogP contribution in [0.15, 0.2) is 24.3 Å². The quantitative estimate of drug-likeness (QED) is 0.757. The third-order valence-electron chi connectivity index (χ3n) is 4.66. The highest BCUT2D eigenvalue weighted by Gasteiger charge is 2.28. The Morgan fingerprint density at radius 3 is 2.64 bits per heavy atom. The number of hydrogen-bond acceptors (Lipinski definition) is 5. The minimum atomic E-state index is -0.159. The second-order valence-corrected chi connectivity index (χ2v) is 6.27. The third kappa shape index (κ3) is 4.86. The molecule has 25 heavy (non-hydrogen) atoms. The number of carbonyl (C=O) groups is 1. The highest BCUT2D eigenvalue weighted by molar-refractivity contribution is 5.81. The molecule has 0 aliphatic carbocycles. The molecular weight excluding hydrogens is 316 g/mol. The van der Waals surface area contributed by atoms with Gasteiger partial charge in [0.25, 0.3) is 0 Å². The van der Waals surface area contributed by atoms with Crippen molar-refractivity contribution in [2.75, 3.05) is 51.3 Å². The lowest BCUT2D eigenvalue weighted by Crippen LogP contribution is -2.54. The lowest BCUT2D eigenvalue weighted by atomic mass is 10.1. The Hall–Kier alpha value is -2.26. The van der Waals surface area contributed by atoms with Gasteiger partial charge in [0.15, 0.2) is 0 Å². The summed E-state index contributed by atoms with van der Waals surface area (Å²) < 4.78 is 5.73. The molecule has 6 nitrogen and oxygen atoms in total. The van der Waals surface area contributed by atoms with E-state index in [0.717, 1.165) is 37.6 Å². The lowest BCUT2D eigenvalue weighted by Gasteiger charge is -2.39. The van der Waals surface area contributed by atoms with Gasteiger partial charge in [-0.1, -0.05) is 12.1 Å². The SMILES string of the molecule is CCOc1ccccc1N1CCN(C(C)C(=O)N(C)CCC#N)CC1. The number of hydrogen-bond donors (Lipinski definition) is 0. The Balaban J connectivity index is 1.93. The van der Waals surface area contributed by atoms with Gasteiger partial charge in [-0.05, 0) is 26.0 Å². The van der Waals surface area contributed by atoms with Crippen LogP contribution in [0.5, 0.6) is 5.75 Å². The maximum atomic E-state index is 12.5. The molecule has 2 rings (SSSR count). The van der Waals surface area contributed by atoms with E-state index in [0.29, 0.717) is 19.6 Å². The van der Waals surface area contributed by atoms with E-state index in [-0.39, 0.29) is 11.9 Å². The van der Waals surface area contributed by atoms with Crippen LogP contribution in [0.3, 0.4) is 0 Å². The van der Waals surface area contributed by atoms with Gasteiger partial charge in [0.05, 0.1) is 30.8 Å². The number of likely N-dealkylation sites (N-methyl/N-ethyl adjacent to an activating group) is 1. The predicted molar refractivity (Wildman–Crippen MR) is 98.7 cm³/mol. The number of para-hydroxylation sites is 2. The van der Waals surface area contributed by atoms with Crippen molar-refractivity contribution in [2.45, 2.75) is 26.3 Å². The molecule has 0 bridgehead atoms. The summed E-state index contributed by atoms with van der Waals surface area (Å²) in [5.41, 5.74) is 1.12. The molecule has 1 heterocycles. The highest BCUT2D eigenvalue weighted by Crippen LogP contribution is 2.29. The van der Waals surface area contributed by atoms with Gasteiger partial charge in [-0.2, -0.15) is 5.26 Å². The van der Waals surface area contributed by atoms with Crippen LogP contribution in [0.1, 0.15) is 20.3 Å². The van der Waals surface area contributed by atoms with E-state index >= 15 is 0 Å². The molecule has 1 aliphatic rings. The van der Waals surface area contributed by atoms with Gasteiger partial charge < -0.3 is 14.5 Å². The molecule has 1 saturated heterocycles. The summed E-state index contributed by atoms with van der Waals surface area (Å²) in [5, 5.41) is 8.67. The minimum Gasteiger partial charge on any atom is -0.492 e. The predicted octanol–water partition coefficient (Wildman–Crippen LogP) is 1.97. The zero-order valence-corrected chi connectivity index (χ0v) is 15.4. The standard InChI is InChI=1S/C19H28N4O2/c1-4-25-18-9-6-5-8-17(18)23-14-12-22(13-15-23)16(2)19(24)21(3)11-7-10-20/h5-6,8-9,16H,4,7,11-15H2,1-3H3. The first-order valence-electron chi connectivity index (χ1n) is 8.91. The second kappa shape index (κ2) is 9.28. The summed E-state index contributed by atoms with van der Waals surface area (Å²) >= 11 is 0. The van der Waals surface area contributed by atoms with Gasteiger partial charge in [-0.25, -0.2) is 0 Å². The third-order valence-corrected chi connectivity index (χ3v) is 4.66. The molecule has 1 amide bonds. The van der Waals surface area contributed by atoms with Crippen molar-refractivity contribution in [1.29, 1.82) is 5.26 Å². The van der Waals surface area contributed by atoms with Crippen LogP contribution in [0.2, 0.25) is 0 Å². The van der Waals surface area contributed by atoms with Gasteiger partial charge in [0.2, 0.25) is 5.91 Å². The Kier molecular flexibility index (Phi) is 7.08. The first-order valence-corrected chi connectivity index (χ1v) is 8.91. The van der Waals surface area contributed by atoms with E-state index < -0.39 is 0 Å². The molecule has 0 radical (unpaired) electrons. The highest BCUT2D eigenvalue weighted by atomic mass is 16.5. The maximum absolute atomic E-state index is 12.5. The van der Waals surface area contributed by atoms with Gasteiger partial charge >= 0.3 is 0 Å². The van der Waals surface area contributed by atoms with E-state index in [1.807, 2.05) is 32.0 Å². The maximum Gasteiger partial charge on any atom is 0.239 e. The van der Waals surface area contributed by atoms with Crippen molar-refractivity contribution in [2.24, 2.45) is 0 Å². The lowest BCUT2D eigenvalue weighted by molar-refractivity contribution is -0.135. The molecule has 6 heteroatoms. The summed E-state index contributed by atoms with van der Waals surface area (Å²) in [6, 6.07) is 10.0. The minimum absolute atomic E-state index is 0.0819. The summed E-state index contributed by atoms with van der Waals surface area (Å²) in [7, 11) is 1.77.